The first-order chi connectivity index (χ1) is 14.2. The molecule has 3 aromatic rings. The minimum atomic E-state index is 0.394. The average Bonchev–Trinajstić information content (AvgIpc) is 3.16. The van der Waals surface area contributed by atoms with E-state index in [4.69, 9.17) is 21.1 Å². The minimum absolute atomic E-state index is 0.394. The smallest absolute Gasteiger partial charge is 0.161 e. The van der Waals surface area contributed by atoms with Gasteiger partial charge in [-0.1, -0.05) is 17.7 Å². The van der Waals surface area contributed by atoms with Gasteiger partial charge in [-0.05, 0) is 24.6 Å². The summed E-state index contributed by atoms with van der Waals surface area (Å²) in [6.07, 6.45) is 1.58. The average molecular weight is 417 g/mol. The summed E-state index contributed by atoms with van der Waals surface area (Å²) in [5, 5.41) is 9.07. The molecule has 3 heterocycles. The van der Waals surface area contributed by atoms with Gasteiger partial charge in [0.25, 0.3) is 0 Å². The fraction of sp³-hybridized carbons (Fsp3) is 0.450. The summed E-state index contributed by atoms with van der Waals surface area (Å²) in [5.41, 5.74) is 3.98. The Hall–Kier alpha value is -2.42. The molecule has 0 radical (unpaired) electrons. The van der Waals surface area contributed by atoms with Gasteiger partial charge in [0.15, 0.2) is 5.65 Å². The number of rotatable bonds is 7. The molecule has 1 N–H and O–H groups in total. The van der Waals surface area contributed by atoms with Crippen molar-refractivity contribution in [3.05, 3.63) is 40.8 Å². The number of methoxy groups -OCH3 is 1. The fourth-order valence-electron chi connectivity index (χ4n) is 3.64. The molecular formula is C20H25ClN6O2. The lowest BCUT2D eigenvalue weighted by Crippen LogP contribution is -2.47. The van der Waals surface area contributed by atoms with Crippen molar-refractivity contribution in [3.8, 4) is 0 Å². The summed E-state index contributed by atoms with van der Waals surface area (Å²) in [6.45, 7) is 7.08. The SMILES string of the molecule is COCCOCc1n[nH]c2ncnc(N3CCN(c4cc(Cl)ccc4C)CC3)c12. The van der Waals surface area contributed by atoms with Crippen LogP contribution >= 0.6 is 11.6 Å². The van der Waals surface area contributed by atoms with Gasteiger partial charge in [-0.15, -0.1) is 0 Å². The van der Waals surface area contributed by atoms with Gasteiger partial charge >= 0.3 is 0 Å². The van der Waals surface area contributed by atoms with Crippen LogP contribution in [0.3, 0.4) is 0 Å². The number of H-pyrrole nitrogens is 1. The number of aromatic amines is 1. The number of benzene rings is 1. The molecule has 0 spiro atoms. The number of hydrogen-bond acceptors (Lipinski definition) is 7. The molecule has 1 aromatic carbocycles. The van der Waals surface area contributed by atoms with Crippen LogP contribution in [0.4, 0.5) is 11.5 Å². The zero-order chi connectivity index (χ0) is 20.2. The number of anilines is 2. The molecular weight excluding hydrogens is 392 g/mol. The van der Waals surface area contributed by atoms with Crippen molar-refractivity contribution in [2.45, 2.75) is 13.5 Å². The number of ether oxygens (including phenoxy) is 2. The second-order valence-electron chi connectivity index (χ2n) is 7.04. The van der Waals surface area contributed by atoms with Crippen LogP contribution in [0, 0.1) is 6.92 Å². The molecule has 9 heteroatoms. The van der Waals surface area contributed by atoms with E-state index in [1.54, 1.807) is 13.4 Å². The molecule has 0 aliphatic carbocycles. The maximum Gasteiger partial charge on any atom is 0.161 e. The molecule has 1 aliphatic rings. The van der Waals surface area contributed by atoms with Gasteiger partial charge < -0.3 is 19.3 Å². The number of aromatic nitrogens is 4. The Bertz CT molecular complexity index is 971. The zero-order valence-electron chi connectivity index (χ0n) is 16.7. The largest absolute Gasteiger partial charge is 0.382 e. The normalized spacial score (nSPS) is 14.7. The van der Waals surface area contributed by atoms with Gasteiger partial charge in [0.05, 0.1) is 25.2 Å². The quantitative estimate of drug-likeness (QED) is 0.593. The number of aryl methyl sites for hydroxylation is 1. The summed E-state index contributed by atoms with van der Waals surface area (Å²) < 4.78 is 10.7. The third-order valence-electron chi connectivity index (χ3n) is 5.17. The molecule has 0 saturated carbocycles. The highest BCUT2D eigenvalue weighted by Crippen LogP contribution is 2.29. The summed E-state index contributed by atoms with van der Waals surface area (Å²) in [4.78, 5) is 13.6. The summed E-state index contributed by atoms with van der Waals surface area (Å²) in [7, 11) is 1.66. The second-order valence-corrected chi connectivity index (χ2v) is 7.48. The number of piperazine rings is 1. The van der Waals surface area contributed by atoms with Gasteiger partial charge in [-0.3, -0.25) is 5.10 Å². The van der Waals surface area contributed by atoms with Gasteiger partial charge in [0, 0.05) is 44.0 Å². The van der Waals surface area contributed by atoms with E-state index in [-0.39, 0.29) is 0 Å². The van der Waals surface area contributed by atoms with E-state index in [9.17, 15) is 0 Å². The summed E-state index contributed by atoms with van der Waals surface area (Å²) >= 11 is 6.21. The molecule has 8 nitrogen and oxygen atoms in total. The number of fused-ring (bicyclic) bond motifs is 1. The molecule has 4 rings (SSSR count). The van der Waals surface area contributed by atoms with E-state index in [1.165, 1.54) is 11.3 Å². The molecule has 2 aromatic heterocycles. The van der Waals surface area contributed by atoms with Crippen molar-refractivity contribution in [2.24, 2.45) is 0 Å². The third-order valence-corrected chi connectivity index (χ3v) is 5.41. The molecule has 1 saturated heterocycles. The highest BCUT2D eigenvalue weighted by molar-refractivity contribution is 6.30. The van der Waals surface area contributed by atoms with Crippen molar-refractivity contribution >= 4 is 34.1 Å². The Morgan fingerprint density at radius 2 is 1.90 bits per heavy atom. The Morgan fingerprint density at radius 1 is 1.10 bits per heavy atom. The molecule has 29 heavy (non-hydrogen) atoms. The lowest BCUT2D eigenvalue weighted by Gasteiger charge is -2.37. The van der Waals surface area contributed by atoms with Gasteiger partial charge in [0.1, 0.15) is 17.8 Å². The predicted octanol–water partition coefficient (Wildman–Crippen LogP) is 2.80. The molecule has 0 bridgehead atoms. The number of hydrogen-bond donors (Lipinski definition) is 1. The van der Waals surface area contributed by atoms with Crippen LogP contribution in [-0.2, 0) is 16.1 Å². The van der Waals surface area contributed by atoms with Crippen molar-refractivity contribution < 1.29 is 9.47 Å². The lowest BCUT2D eigenvalue weighted by atomic mass is 10.1. The minimum Gasteiger partial charge on any atom is -0.382 e. The van der Waals surface area contributed by atoms with E-state index < -0.39 is 0 Å². The monoisotopic (exact) mass is 416 g/mol. The van der Waals surface area contributed by atoms with E-state index in [0.29, 0.717) is 19.8 Å². The molecule has 0 amide bonds. The molecule has 0 atom stereocenters. The van der Waals surface area contributed by atoms with Crippen LogP contribution in [0.5, 0.6) is 0 Å². The molecule has 0 unspecified atom stereocenters. The predicted molar refractivity (Wildman–Crippen MR) is 114 cm³/mol. The van der Waals surface area contributed by atoms with Crippen LogP contribution in [0.25, 0.3) is 11.0 Å². The highest BCUT2D eigenvalue weighted by atomic mass is 35.5. The first-order valence-corrected chi connectivity index (χ1v) is 10.1. The fourth-order valence-corrected chi connectivity index (χ4v) is 3.81. The van der Waals surface area contributed by atoms with Crippen molar-refractivity contribution in [1.29, 1.82) is 0 Å². The first-order valence-electron chi connectivity index (χ1n) is 9.68. The van der Waals surface area contributed by atoms with Crippen molar-refractivity contribution in [2.75, 3.05) is 56.3 Å². The molecule has 154 valence electrons. The number of nitrogens with one attached hydrogen (secondary N) is 1. The summed E-state index contributed by atoms with van der Waals surface area (Å²) in [5.74, 6) is 0.900. The third kappa shape index (κ3) is 4.29. The van der Waals surface area contributed by atoms with Crippen LogP contribution < -0.4 is 9.80 Å². The van der Waals surface area contributed by atoms with E-state index in [1.807, 2.05) is 12.1 Å². The number of nitrogens with zero attached hydrogens (tertiary/aromatic N) is 5. The van der Waals surface area contributed by atoms with E-state index >= 15 is 0 Å². The van der Waals surface area contributed by atoms with E-state index in [0.717, 1.165) is 53.7 Å². The second kappa shape index (κ2) is 8.94. The van der Waals surface area contributed by atoms with Gasteiger partial charge in [0.2, 0.25) is 0 Å². The first kappa shape index (κ1) is 19.9. The van der Waals surface area contributed by atoms with Crippen LogP contribution in [-0.4, -0.2) is 66.7 Å². The maximum atomic E-state index is 6.21. The molecule has 1 aliphatic heterocycles. The van der Waals surface area contributed by atoms with Crippen molar-refractivity contribution in [1.82, 2.24) is 20.2 Å². The van der Waals surface area contributed by atoms with Gasteiger partial charge in [-0.25, -0.2) is 9.97 Å². The lowest BCUT2D eigenvalue weighted by molar-refractivity contribution is 0.0606. The standard InChI is InChI=1S/C20H25ClN6O2/c1-14-3-4-15(21)11-17(14)26-5-7-27(8-6-26)20-18-16(12-29-10-9-28-2)24-25-19(18)22-13-23-20/h3-4,11,13H,5-10,12H2,1-2H3,(H,22,23,24,25). The van der Waals surface area contributed by atoms with E-state index in [2.05, 4.69) is 43.0 Å². The Kier molecular flexibility index (Phi) is 6.13. The van der Waals surface area contributed by atoms with Crippen LogP contribution in [0.1, 0.15) is 11.3 Å². The number of halogens is 1. The molecule has 1 fully saturated rings. The Morgan fingerprint density at radius 3 is 2.69 bits per heavy atom. The highest BCUT2D eigenvalue weighted by Gasteiger charge is 2.23. The Balaban J connectivity index is 1.50. The van der Waals surface area contributed by atoms with Crippen LogP contribution in [0.2, 0.25) is 5.02 Å². The topological polar surface area (TPSA) is 79.4 Å². The van der Waals surface area contributed by atoms with Gasteiger partial charge in [-0.2, -0.15) is 5.10 Å². The van der Waals surface area contributed by atoms with Crippen LogP contribution in [0.15, 0.2) is 24.5 Å². The zero-order valence-corrected chi connectivity index (χ0v) is 17.4. The van der Waals surface area contributed by atoms with Crippen molar-refractivity contribution in [3.63, 3.8) is 0 Å². The Labute approximate surface area is 174 Å². The maximum absolute atomic E-state index is 6.21. The summed E-state index contributed by atoms with van der Waals surface area (Å²) in [6, 6.07) is 6.05.